The lowest BCUT2D eigenvalue weighted by Gasteiger charge is -2.12. The molecule has 0 atom stereocenters. The quantitative estimate of drug-likeness (QED) is 0.384. The van der Waals surface area contributed by atoms with Gasteiger partial charge in [-0.2, -0.15) is 0 Å². The van der Waals surface area contributed by atoms with Gasteiger partial charge in [-0.05, 0) is 79.6 Å². The molecule has 6 nitrogen and oxygen atoms in total. The number of aromatic amines is 2. The van der Waals surface area contributed by atoms with E-state index < -0.39 is 9.84 Å². The fourth-order valence-electron chi connectivity index (χ4n) is 4.65. The SMILES string of the molecule is O=S(=O)(c1c2nc(cc3nc(cc4ccc(cc5ccc1[nH]5)[nH]4)C=C3)C=C2)C1CCCC1. The summed E-state index contributed by atoms with van der Waals surface area (Å²) in [5, 5.41) is -0.358. The summed E-state index contributed by atoms with van der Waals surface area (Å²) in [6.45, 7) is 0. The fraction of sp³-hybridized carbons (Fsp3) is 0.200. The van der Waals surface area contributed by atoms with E-state index in [1.165, 1.54) is 0 Å². The van der Waals surface area contributed by atoms with Gasteiger partial charge in [0.05, 0.1) is 33.5 Å². The van der Waals surface area contributed by atoms with Crippen LogP contribution in [0.15, 0.2) is 47.4 Å². The first-order chi connectivity index (χ1) is 15.5. The maximum Gasteiger partial charge on any atom is 0.185 e. The van der Waals surface area contributed by atoms with Gasteiger partial charge < -0.3 is 9.97 Å². The number of nitrogens with one attached hydrogen (secondary N) is 2. The van der Waals surface area contributed by atoms with Crippen LogP contribution >= 0.6 is 0 Å². The minimum absolute atomic E-state index is 0.285. The van der Waals surface area contributed by atoms with E-state index in [2.05, 4.69) is 19.9 Å². The van der Waals surface area contributed by atoms with Crippen molar-refractivity contribution in [2.45, 2.75) is 35.8 Å². The standard InChI is InChI=1S/C25H22N4O2S/c30-32(31,22-3-1-2-4-22)25-23-11-9-20(28-23)14-18-7-5-16(26-18)13-17-6-8-19(27-17)15-21-10-12-24(25)29-21/h5-15,22,26,28H,1-4H2. The third kappa shape index (κ3) is 3.39. The first-order valence-corrected chi connectivity index (χ1v) is 12.4. The normalized spacial score (nSPS) is 16.1. The number of sulfone groups is 1. The molecule has 2 N–H and O–H groups in total. The molecule has 2 aliphatic heterocycles. The molecular weight excluding hydrogens is 420 g/mol. The summed E-state index contributed by atoms with van der Waals surface area (Å²) in [4.78, 5) is 16.3. The lowest BCUT2D eigenvalue weighted by atomic mass is 10.3. The molecule has 32 heavy (non-hydrogen) atoms. The summed E-state index contributed by atoms with van der Waals surface area (Å²) in [6, 6.07) is 13.6. The maximum absolute atomic E-state index is 13.7. The summed E-state index contributed by atoms with van der Waals surface area (Å²) < 4.78 is 27.4. The summed E-state index contributed by atoms with van der Waals surface area (Å²) in [5.74, 6) is 0. The van der Waals surface area contributed by atoms with E-state index in [-0.39, 0.29) is 10.1 Å². The highest BCUT2D eigenvalue weighted by molar-refractivity contribution is 7.92. The van der Waals surface area contributed by atoms with Crippen molar-refractivity contribution in [1.82, 2.24) is 19.9 Å². The lowest BCUT2D eigenvalue weighted by Crippen LogP contribution is -2.19. The Morgan fingerprint density at radius 1 is 0.719 bits per heavy atom. The fourth-order valence-corrected chi connectivity index (χ4v) is 6.77. The molecule has 0 spiro atoms. The monoisotopic (exact) mass is 442 g/mol. The van der Waals surface area contributed by atoms with Gasteiger partial charge in [0.15, 0.2) is 9.84 Å². The van der Waals surface area contributed by atoms with Gasteiger partial charge >= 0.3 is 0 Å². The van der Waals surface area contributed by atoms with Gasteiger partial charge in [-0.1, -0.05) is 12.8 Å². The lowest BCUT2D eigenvalue weighted by molar-refractivity contribution is 0.580. The van der Waals surface area contributed by atoms with Crippen molar-refractivity contribution in [3.8, 4) is 0 Å². The van der Waals surface area contributed by atoms with Crippen molar-refractivity contribution in [3.05, 3.63) is 65.2 Å². The Kier molecular flexibility index (Phi) is 4.40. The number of nitrogens with zero attached hydrogens (tertiary/aromatic N) is 2. The van der Waals surface area contributed by atoms with Gasteiger partial charge in [-0.15, -0.1) is 0 Å². The minimum atomic E-state index is -3.54. The molecule has 1 saturated carbocycles. The highest BCUT2D eigenvalue weighted by atomic mass is 32.2. The van der Waals surface area contributed by atoms with E-state index in [4.69, 9.17) is 0 Å². The van der Waals surface area contributed by atoms with Gasteiger partial charge in [-0.25, -0.2) is 18.4 Å². The van der Waals surface area contributed by atoms with Crippen LogP contribution in [-0.4, -0.2) is 33.6 Å². The predicted octanol–water partition coefficient (Wildman–Crippen LogP) is 5.37. The van der Waals surface area contributed by atoms with Crippen LogP contribution in [0.1, 0.15) is 48.5 Å². The van der Waals surface area contributed by atoms with Crippen LogP contribution in [-0.2, 0) is 9.84 Å². The molecule has 0 saturated heterocycles. The van der Waals surface area contributed by atoms with E-state index in [0.717, 1.165) is 40.8 Å². The van der Waals surface area contributed by atoms with Gasteiger partial charge in [-0.3, -0.25) is 0 Å². The van der Waals surface area contributed by atoms with E-state index in [9.17, 15) is 8.42 Å². The highest BCUT2D eigenvalue weighted by Gasteiger charge is 2.33. The predicted molar refractivity (Wildman–Crippen MR) is 128 cm³/mol. The average Bonchev–Trinajstić information content (AvgIpc) is 3.55. The molecular formula is C25H22N4O2S. The van der Waals surface area contributed by atoms with Gasteiger partial charge in [0.1, 0.15) is 4.90 Å². The molecule has 8 bridgehead atoms. The molecule has 3 aliphatic rings. The average molecular weight is 443 g/mol. The van der Waals surface area contributed by atoms with Crippen LogP contribution < -0.4 is 0 Å². The van der Waals surface area contributed by atoms with Crippen LogP contribution in [0.25, 0.3) is 46.4 Å². The summed E-state index contributed by atoms with van der Waals surface area (Å²) in [7, 11) is -3.54. The van der Waals surface area contributed by atoms with Crippen molar-refractivity contribution >= 4 is 56.2 Å². The summed E-state index contributed by atoms with van der Waals surface area (Å²) >= 11 is 0. The highest BCUT2D eigenvalue weighted by Crippen LogP contribution is 2.34. The number of fused-ring (bicyclic) bond motifs is 8. The Labute approximate surface area is 185 Å². The zero-order valence-electron chi connectivity index (χ0n) is 17.4. The first kappa shape index (κ1) is 19.3. The first-order valence-electron chi connectivity index (χ1n) is 10.9. The van der Waals surface area contributed by atoms with Crippen LogP contribution in [0.4, 0.5) is 0 Å². The van der Waals surface area contributed by atoms with Crippen LogP contribution in [0.2, 0.25) is 0 Å². The van der Waals surface area contributed by atoms with Crippen LogP contribution in [0, 0.1) is 0 Å². The Hall–Kier alpha value is -3.45. The Balaban J connectivity index is 1.69. The van der Waals surface area contributed by atoms with Crippen molar-refractivity contribution in [3.63, 3.8) is 0 Å². The molecule has 0 unspecified atom stereocenters. The summed E-state index contributed by atoms with van der Waals surface area (Å²) in [5.41, 5.74) is 6.07. The second kappa shape index (κ2) is 7.31. The number of H-pyrrole nitrogens is 2. The molecule has 5 heterocycles. The van der Waals surface area contributed by atoms with E-state index in [1.807, 2.05) is 60.7 Å². The van der Waals surface area contributed by atoms with Crippen LogP contribution in [0.5, 0.6) is 0 Å². The Morgan fingerprint density at radius 2 is 1.34 bits per heavy atom. The molecule has 0 aromatic carbocycles. The van der Waals surface area contributed by atoms with Crippen molar-refractivity contribution in [1.29, 1.82) is 0 Å². The molecule has 0 amide bonds. The molecule has 160 valence electrons. The van der Waals surface area contributed by atoms with Gasteiger partial charge in [0.2, 0.25) is 0 Å². The zero-order valence-corrected chi connectivity index (χ0v) is 18.2. The smallest absolute Gasteiger partial charge is 0.185 e. The van der Waals surface area contributed by atoms with Gasteiger partial charge in [0.25, 0.3) is 0 Å². The number of hydrogen-bond acceptors (Lipinski definition) is 4. The molecule has 0 radical (unpaired) electrons. The third-order valence-electron chi connectivity index (χ3n) is 6.20. The zero-order chi connectivity index (χ0) is 21.7. The molecule has 7 heteroatoms. The van der Waals surface area contributed by atoms with Crippen molar-refractivity contribution < 1.29 is 8.42 Å². The minimum Gasteiger partial charge on any atom is -0.355 e. The molecule has 1 fully saturated rings. The largest absolute Gasteiger partial charge is 0.355 e. The summed E-state index contributed by atoms with van der Waals surface area (Å²) in [6.07, 6.45) is 10.8. The number of aromatic nitrogens is 4. The second-order valence-corrected chi connectivity index (χ2v) is 10.6. The van der Waals surface area contributed by atoms with Gasteiger partial charge in [0, 0.05) is 16.6 Å². The van der Waals surface area contributed by atoms with Crippen molar-refractivity contribution in [2.75, 3.05) is 0 Å². The van der Waals surface area contributed by atoms with E-state index >= 15 is 0 Å². The Bertz CT molecular complexity index is 1550. The van der Waals surface area contributed by atoms with Crippen molar-refractivity contribution in [2.24, 2.45) is 0 Å². The molecule has 3 aromatic rings. The van der Waals surface area contributed by atoms with E-state index in [1.54, 1.807) is 6.08 Å². The Morgan fingerprint density at radius 3 is 2.16 bits per heavy atom. The second-order valence-electron chi connectivity index (χ2n) is 8.46. The topological polar surface area (TPSA) is 91.5 Å². The molecule has 6 rings (SSSR count). The van der Waals surface area contributed by atoms with E-state index in [0.29, 0.717) is 29.7 Å². The maximum atomic E-state index is 13.7. The molecule has 1 aliphatic carbocycles. The third-order valence-corrected chi connectivity index (χ3v) is 8.54. The number of rotatable bonds is 2. The molecule has 3 aromatic heterocycles. The van der Waals surface area contributed by atoms with Crippen LogP contribution in [0.3, 0.4) is 0 Å². The number of hydrogen-bond donors (Lipinski definition) is 2.